The van der Waals surface area contributed by atoms with Crippen LogP contribution >= 0.6 is 11.3 Å². The number of hydrogen-bond acceptors (Lipinski definition) is 6. The van der Waals surface area contributed by atoms with E-state index in [2.05, 4.69) is 27.4 Å². The van der Waals surface area contributed by atoms with Crippen molar-refractivity contribution in [2.75, 3.05) is 36.9 Å². The minimum Gasteiger partial charge on any atom is -0.382 e. The number of nitrogens with one attached hydrogen (secondary N) is 1. The van der Waals surface area contributed by atoms with Crippen molar-refractivity contribution in [3.05, 3.63) is 17.0 Å². The molecule has 3 rings (SSSR count). The second-order valence-electron chi connectivity index (χ2n) is 4.92. The van der Waals surface area contributed by atoms with Crippen LogP contribution in [-0.4, -0.2) is 43.2 Å². The highest BCUT2D eigenvalue weighted by molar-refractivity contribution is 7.18. The molecule has 2 aliphatic rings. The Hall–Kier alpha value is -1.60. The molecule has 7 heteroatoms. The van der Waals surface area contributed by atoms with Gasteiger partial charge in [0, 0.05) is 19.1 Å². The van der Waals surface area contributed by atoms with Crippen LogP contribution in [0.25, 0.3) is 0 Å². The molecule has 0 spiro atoms. The summed E-state index contributed by atoms with van der Waals surface area (Å²) in [4.78, 5) is 19.2. The minimum absolute atomic E-state index is 0.117. The molecule has 0 aromatic carbocycles. The van der Waals surface area contributed by atoms with Crippen LogP contribution in [0, 0.1) is 0 Å². The summed E-state index contributed by atoms with van der Waals surface area (Å²) >= 11 is 1.36. The average Bonchev–Trinajstić information content (AvgIpc) is 3.09. The Labute approximate surface area is 121 Å². The van der Waals surface area contributed by atoms with E-state index in [-0.39, 0.29) is 11.9 Å². The predicted molar refractivity (Wildman–Crippen MR) is 79.2 cm³/mol. The lowest BCUT2D eigenvalue weighted by Gasteiger charge is -2.25. The van der Waals surface area contributed by atoms with Gasteiger partial charge in [0.25, 0.3) is 5.91 Å². The van der Waals surface area contributed by atoms with Crippen molar-refractivity contribution in [2.45, 2.75) is 18.9 Å². The summed E-state index contributed by atoms with van der Waals surface area (Å²) in [6, 6.07) is 0.191. The number of rotatable bonds is 3. The molecule has 0 saturated carbocycles. The highest BCUT2D eigenvalue weighted by Gasteiger charge is 2.23. The maximum atomic E-state index is 12.2. The second kappa shape index (κ2) is 5.80. The first-order valence-electron chi connectivity index (χ1n) is 6.79. The quantitative estimate of drug-likeness (QED) is 0.813. The van der Waals surface area contributed by atoms with Gasteiger partial charge in [-0.15, -0.1) is 0 Å². The van der Waals surface area contributed by atoms with Crippen LogP contribution in [0.15, 0.2) is 12.2 Å². The molecule has 1 amide bonds. The second-order valence-corrected chi connectivity index (χ2v) is 5.90. The van der Waals surface area contributed by atoms with Gasteiger partial charge in [-0.05, 0) is 12.8 Å². The van der Waals surface area contributed by atoms with Gasteiger partial charge < -0.3 is 20.7 Å². The molecule has 1 aromatic heterocycles. The SMILES string of the molecule is Nc1nc(N2CCOCC2)sc1C(=O)NC1CC=CC1. The summed E-state index contributed by atoms with van der Waals surface area (Å²) in [7, 11) is 0. The maximum Gasteiger partial charge on any atom is 0.265 e. The third kappa shape index (κ3) is 2.78. The van der Waals surface area contributed by atoms with Crippen LogP contribution in [0.1, 0.15) is 22.5 Å². The molecule has 3 N–H and O–H groups in total. The first-order chi connectivity index (χ1) is 9.74. The molecule has 1 saturated heterocycles. The Bertz CT molecular complexity index is 514. The van der Waals surface area contributed by atoms with E-state index in [4.69, 9.17) is 10.5 Å². The number of ether oxygens (including phenoxy) is 1. The molecule has 0 radical (unpaired) electrons. The summed E-state index contributed by atoms with van der Waals surface area (Å²) in [5.41, 5.74) is 5.89. The third-order valence-corrected chi connectivity index (χ3v) is 4.60. The van der Waals surface area contributed by atoms with E-state index in [0.29, 0.717) is 23.9 Å². The number of thiazole rings is 1. The molecule has 1 aromatic rings. The lowest BCUT2D eigenvalue weighted by Crippen LogP contribution is -2.36. The van der Waals surface area contributed by atoms with E-state index in [9.17, 15) is 4.79 Å². The molecule has 1 aliphatic heterocycles. The Morgan fingerprint density at radius 2 is 2.10 bits per heavy atom. The van der Waals surface area contributed by atoms with E-state index < -0.39 is 0 Å². The van der Waals surface area contributed by atoms with Gasteiger partial charge in [-0.25, -0.2) is 4.98 Å². The van der Waals surface area contributed by atoms with Crippen LogP contribution in [0.4, 0.5) is 10.9 Å². The first kappa shape index (κ1) is 13.4. The van der Waals surface area contributed by atoms with Gasteiger partial charge in [-0.3, -0.25) is 4.79 Å². The zero-order chi connectivity index (χ0) is 13.9. The fraction of sp³-hybridized carbons (Fsp3) is 0.538. The molecular formula is C13H18N4O2S. The number of carbonyl (C=O) groups excluding carboxylic acids is 1. The van der Waals surface area contributed by atoms with E-state index in [1.54, 1.807) is 0 Å². The zero-order valence-electron chi connectivity index (χ0n) is 11.2. The number of carbonyl (C=O) groups is 1. The van der Waals surface area contributed by atoms with Crippen LogP contribution in [0.3, 0.4) is 0 Å². The monoisotopic (exact) mass is 294 g/mol. The van der Waals surface area contributed by atoms with Crippen LogP contribution in [0.2, 0.25) is 0 Å². The van der Waals surface area contributed by atoms with E-state index in [1.165, 1.54) is 11.3 Å². The van der Waals surface area contributed by atoms with Crippen molar-refractivity contribution in [3.8, 4) is 0 Å². The Balaban J connectivity index is 1.69. The van der Waals surface area contributed by atoms with Gasteiger partial charge in [0.05, 0.1) is 13.2 Å². The molecule has 108 valence electrons. The summed E-state index contributed by atoms with van der Waals surface area (Å²) in [6.07, 6.45) is 5.95. The number of morpholine rings is 1. The molecule has 1 fully saturated rings. The minimum atomic E-state index is -0.117. The van der Waals surface area contributed by atoms with Crippen LogP contribution in [0.5, 0.6) is 0 Å². The number of hydrogen-bond donors (Lipinski definition) is 2. The summed E-state index contributed by atoms with van der Waals surface area (Å²) < 4.78 is 5.31. The smallest absolute Gasteiger partial charge is 0.265 e. The Morgan fingerprint density at radius 3 is 2.80 bits per heavy atom. The highest BCUT2D eigenvalue weighted by atomic mass is 32.1. The molecule has 0 unspecified atom stereocenters. The number of nitrogens with zero attached hydrogens (tertiary/aromatic N) is 2. The average molecular weight is 294 g/mol. The number of nitrogens with two attached hydrogens (primary N) is 1. The molecule has 2 heterocycles. The number of aromatic nitrogens is 1. The Kier molecular flexibility index (Phi) is 3.88. The molecule has 0 bridgehead atoms. The number of amides is 1. The molecule has 1 aliphatic carbocycles. The van der Waals surface area contributed by atoms with Crippen molar-refractivity contribution < 1.29 is 9.53 Å². The van der Waals surface area contributed by atoms with Gasteiger partial charge in [0.15, 0.2) is 5.13 Å². The molecule has 20 heavy (non-hydrogen) atoms. The van der Waals surface area contributed by atoms with Crippen molar-refractivity contribution in [2.24, 2.45) is 0 Å². The molecule has 6 nitrogen and oxygen atoms in total. The summed E-state index contributed by atoms with van der Waals surface area (Å²) in [5.74, 6) is 0.202. The summed E-state index contributed by atoms with van der Waals surface area (Å²) in [6.45, 7) is 2.96. The first-order valence-corrected chi connectivity index (χ1v) is 7.60. The molecular weight excluding hydrogens is 276 g/mol. The molecule has 0 atom stereocenters. The highest BCUT2D eigenvalue weighted by Crippen LogP contribution is 2.29. The normalized spacial score (nSPS) is 19.5. The predicted octanol–water partition coefficient (Wildman–Crippen LogP) is 1.01. The number of nitrogen functional groups attached to an aromatic ring is 1. The van der Waals surface area contributed by atoms with Gasteiger partial charge in [0.1, 0.15) is 10.7 Å². The van der Waals surface area contributed by atoms with Crippen molar-refractivity contribution in [1.29, 1.82) is 0 Å². The van der Waals surface area contributed by atoms with Crippen LogP contribution < -0.4 is 16.0 Å². The lowest BCUT2D eigenvalue weighted by molar-refractivity contribution is 0.0943. The van der Waals surface area contributed by atoms with Gasteiger partial charge in [-0.2, -0.15) is 0 Å². The van der Waals surface area contributed by atoms with E-state index in [0.717, 1.165) is 31.1 Å². The van der Waals surface area contributed by atoms with E-state index >= 15 is 0 Å². The lowest BCUT2D eigenvalue weighted by atomic mass is 10.2. The fourth-order valence-electron chi connectivity index (χ4n) is 2.36. The maximum absolute atomic E-state index is 12.2. The Morgan fingerprint density at radius 1 is 1.40 bits per heavy atom. The number of anilines is 2. The van der Waals surface area contributed by atoms with Crippen molar-refractivity contribution in [3.63, 3.8) is 0 Å². The van der Waals surface area contributed by atoms with E-state index in [1.807, 2.05) is 0 Å². The van der Waals surface area contributed by atoms with Gasteiger partial charge in [-0.1, -0.05) is 23.5 Å². The van der Waals surface area contributed by atoms with Crippen molar-refractivity contribution >= 4 is 28.2 Å². The van der Waals surface area contributed by atoms with Gasteiger partial charge in [0.2, 0.25) is 0 Å². The van der Waals surface area contributed by atoms with Crippen molar-refractivity contribution in [1.82, 2.24) is 10.3 Å². The zero-order valence-corrected chi connectivity index (χ0v) is 12.0. The topological polar surface area (TPSA) is 80.5 Å². The van der Waals surface area contributed by atoms with Gasteiger partial charge >= 0.3 is 0 Å². The van der Waals surface area contributed by atoms with Crippen LogP contribution in [-0.2, 0) is 4.74 Å². The fourth-order valence-corrected chi connectivity index (χ4v) is 3.30. The summed E-state index contributed by atoms with van der Waals surface area (Å²) in [5, 5.41) is 3.80. The third-order valence-electron chi connectivity index (χ3n) is 3.47. The standard InChI is InChI=1S/C13H18N4O2S/c14-11-10(12(18)15-9-3-1-2-4-9)20-13(16-11)17-5-7-19-8-6-17/h1-2,9H,3-8,14H2,(H,15,18). The largest absolute Gasteiger partial charge is 0.382 e.